The largest absolute Gasteiger partial charge is 0.495 e. The smallest absolute Gasteiger partial charge is 0.266 e. The molecule has 128 valence electrons. The second-order valence-corrected chi connectivity index (χ2v) is 7.38. The van der Waals surface area contributed by atoms with Crippen molar-refractivity contribution in [1.82, 2.24) is 10.2 Å². The van der Waals surface area contributed by atoms with Crippen molar-refractivity contribution in [2.75, 3.05) is 29.8 Å². The first-order valence-electron chi connectivity index (χ1n) is 7.76. The van der Waals surface area contributed by atoms with Crippen molar-refractivity contribution in [2.24, 2.45) is 0 Å². The third kappa shape index (κ3) is 3.43. The van der Waals surface area contributed by atoms with E-state index in [4.69, 9.17) is 4.74 Å². The summed E-state index contributed by atoms with van der Waals surface area (Å²) in [5, 5.41) is 8.11. The number of benzene rings is 1. The number of sulfonamides is 1. The van der Waals surface area contributed by atoms with E-state index < -0.39 is 10.0 Å². The number of hydrogen-bond acceptors (Lipinski definition) is 6. The topological polar surface area (TPSA) is 84.4 Å². The van der Waals surface area contributed by atoms with Crippen molar-refractivity contribution < 1.29 is 13.2 Å². The van der Waals surface area contributed by atoms with Crippen molar-refractivity contribution in [2.45, 2.75) is 24.7 Å². The number of rotatable bonds is 5. The molecule has 2 heterocycles. The molecule has 0 radical (unpaired) electrons. The predicted molar refractivity (Wildman–Crippen MR) is 92.0 cm³/mol. The van der Waals surface area contributed by atoms with Crippen LogP contribution < -0.4 is 14.4 Å². The SMILES string of the molecule is COc1ccc(C)cc1S(=O)(=O)Nc1ccc(N2CCCC2)nn1. The summed E-state index contributed by atoms with van der Waals surface area (Å²) in [5.74, 6) is 1.24. The summed E-state index contributed by atoms with van der Waals surface area (Å²) in [7, 11) is -2.36. The van der Waals surface area contributed by atoms with Gasteiger partial charge in [-0.2, -0.15) is 0 Å². The summed E-state index contributed by atoms with van der Waals surface area (Å²) in [6.07, 6.45) is 2.28. The maximum absolute atomic E-state index is 12.6. The average molecular weight is 348 g/mol. The molecule has 1 aromatic carbocycles. The van der Waals surface area contributed by atoms with Crippen molar-refractivity contribution >= 4 is 21.7 Å². The number of aromatic nitrogens is 2. The van der Waals surface area contributed by atoms with Crippen LogP contribution in [0.25, 0.3) is 0 Å². The minimum Gasteiger partial charge on any atom is -0.495 e. The highest BCUT2D eigenvalue weighted by Crippen LogP contribution is 2.26. The molecule has 1 aliphatic heterocycles. The van der Waals surface area contributed by atoms with Gasteiger partial charge in [0, 0.05) is 13.1 Å². The molecular formula is C16H20N4O3S. The summed E-state index contributed by atoms with van der Waals surface area (Å²) in [6.45, 7) is 3.74. The molecule has 0 bridgehead atoms. The van der Waals surface area contributed by atoms with E-state index in [1.165, 1.54) is 7.11 Å². The minimum atomic E-state index is -3.80. The Kier molecular flexibility index (Phi) is 4.57. The van der Waals surface area contributed by atoms with Crippen LogP contribution in [0.3, 0.4) is 0 Å². The van der Waals surface area contributed by atoms with E-state index in [1.54, 1.807) is 30.3 Å². The number of nitrogens with one attached hydrogen (secondary N) is 1. The third-order valence-corrected chi connectivity index (χ3v) is 5.30. The molecular weight excluding hydrogens is 328 g/mol. The number of nitrogens with zero attached hydrogens (tertiary/aromatic N) is 3. The van der Waals surface area contributed by atoms with Gasteiger partial charge in [0.1, 0.15) is 10.6 Å². The zero-order chi connectivity index (χ0) is 17.2. The molecule has 1 aromatic heterocycles. The molecule has 0 saturated carbocycles. The fraction of sp³-hybridized carbons (Fsp3) is 0.375. The Hall–Kier alpha value is -2.35. The number of aryl methyl sites for hydroxylation is 1. The van der Waals surface area contributed by atoms with Gasteiger partial charge in [-0.3, -0.25) is 4.72 Å². The molecule has 1 N–H and O–H groups in total. The number of hydrogen-bond donors (Lipinski definition) is 1. The Morgan fingerprint density at radius 3 is 2.50 bits per heavy atom. The summed E-state index contributed by atoms with van der Waals surface area (Å²) in [5.41, 5.74) is 0.826. The molecule has 8 heteroatoms. The van der Waals surface area contributed by atoms with Crippen LogP contribution in [0.1, 0.15) is 18.4 Å². The van der Waals surface area contributed by atoms with E-state index in [-0.39, 0.29) is 16.5 Å². The molecule has 0 amide bonds. The van der Waals surface area contributed by atoms with E-state index >= 15 is 0 Å². The normalized spacial score (nSPS) is 14.7. The third-order valence-electron chi connectivity index (χ3n) is 3.93. The molecule has 0 aliphatic carbocycles. The van der Waals surface area contributed by atoms with Crippen LogP contribution in [-0.4, -0.2) is 38.8 Å². The van der Waals surface area contributed by atoms with Gasteiger partial charge in [-0.05, 0) is 49.6 Å². The maximum Gasteiger partial charge on any atom is 0.266 e. The number of methoxy groups -OCH3 is 1. The standard InChI is InChI=1S/C16H20N4O3S/c1-12-5-6-13(23-2)14(11-12)24(21,22)19-15-7-8-16(18-17-15)20-9-3-4-10-20/h5-8,11H,3-4,9-10H2,1-2H3,(H,17,19). The predicted octanol–water partition coefficient (Wildman–Crippen LogP) is 2.19. The molecule has 1 fully saturated rings. The minimum absolute atomic E-state index is 0.0791. The van der Waals surface area contributed by atoms with Gasteiger partial charge in [-0.1, -0.05) is 6.07 Å². The average Bonchev–Trinajstić information content (AvgIpc) is 3.10. The number of anilines is 2. The van der Waals surface area contributed by atoms with E-state index in [2.05, 4.69) is 19.8 Å². The maximum atomic E-state index is 12.6. The fourth-order valence-corrected chi connectivity index (χ4v) is 3.93. The molecule has 7 nitrogen and oxygen atoms in total. The van der Waals surface area contributed by atoms with E-state index in [9.17, 15) is 8.42 Å². The lowest BCUT2D eigenvalue weighted by molar-refractivity contribution is 0.402. The molecule has 1 aliphatic rings. The second kappa shape index (κ2) is 6.64. The van der Waals surface area contributed by atoms with Gasteiger partial charge in [0.15, 0.2) is 11.6 Å². The van der Waals surface area contributed by atoms with Crippen LogP contribution in [0.15, 0.2) is 35.2 Å². The van der Waals surface area contributed by atoms with Crippen LogP contribution in [0.2, 0.25) is 0 Å². The van der Waals surface area contributed by atoms with Crippen LogP contribution in [-0.2, 0) is 10.0 Å². The summed E-state index contributed by atoms with van der Waals surface area (Å²) < 4.78 is 32.8. The van der Waals surface area contributed by atoms with Crippen molar-refractivity contribution in [3.8, 4) is 5.75 Å². The molecule has 0 unspecified atom stereocenters. The van der Waals surface area contributed by atoms with Crippen LogP contribution in [0.5, 0.6) is 5.75 Å². The first-order chi connectivity index (χ1) is 11.5. The van der Waals surface area contributed by atoms with Crippen molar-refractivity contribution in [3.05, 3.63) is 35.9 Å². The van der Waals surface area contributed by atoms with E-state index in [1.807, 2.05) is 6.92 Å². The monoisotopic (exact) mass is 348 g/mol. The van der Waals surface area contributed by atoms with Crippen LogP contribution >= 0.6 is 0 Å². The Morgan fingerprint density at radius 2 is 1.88 bits per heavy atom. The highest BCUT2D eigenvalue weighted by Gasteiger charge is 2.21. The Morgan fingerprint density at radius 1 is 1.12 bits per heavy atom. The quantitative estimate of drug-likeness (QED) is 0.892. The lowest BCUT2D eigenvalue weighted by atomic mass is 10.2. The van der Waals surface area contributed by atoms with Crippen molar-refractivity contribution in [1.29, 1.82) is 0 Å². The van der Waals surface area contributed by atoms with Gasteiger partial charge in [0.2, 0.25) is 0 Å². The van der Waals surface area contributed by atoms with Gasteiger partial charge in [-0.15, -0.1) is 10.2 Å². The van der Waals surface area contributed by atoms with Crippen molar-refractivity contribution in [3.63, 3.8) is 0 Å². The number of ether oxygens (including phenoxy) is 1. The van der Waals surface area contributed by atoms with E-state index in [0.717, 1.165) is 37.3 Å². The van der Waals surface area contributed by atoms with Crippen LogP contribution in [0.4, 0.5) is 11.6 Å². The lowest BCUT2D eigenvalue weighted by Crippen LogP contribution is -2.20. The highest BCUT2D eigenvalue weighted by molar-refractivity contribution is 7.92. The Bertz CT molecular complexity index is 816. The van der Waals surface area contributed by atoms with Gasteiger partial charge in [-0.25, -0.2) is 8.42 Å². The highest BCUT2D eigenvalue weighted by atomic mass is 32.2. The van der Waals surface area contributed by atoms with Crippen LogP contribution in [0, 0.1) is 6.92 Å². The second-order valence-electron chi connectivity index (χ2n) is 5.73. The fourth-order valence-electron chi connectivity index (χ4n) is 2.68. The Balaban J connectivity index is 1.83. The van der Waals surface area contributed by atoms with Gasteiger partial charge < -0.3 is 9.64 Å². The van der Waals surface area contributed by atoms with Gasteiger partial charge in [0.05, 0.1) is 7.11 Å². The molecule has 0 atom stereocenters. The first kappa shape index (κ1) is 16.5. The molecule has 2 aromatic rings. The molecule has 1 saturated heterocycles. The zero-order valence-corrected chi connectivity index (χ0v) is 14.5. The van der Waals surface area contributed by atoms with Gasteiger partial charge in [0.25, 0.3) is 10.0 Å². The molecule has 3 rings (SSSR count). The lowest BCUT2D eigenvalue weighted by Gasteiger charge is -2.16. The molecule has 24 heavy (non-hydrogen) atoms. The summed E-state index contributed by atoms with van der Waals surface area (Å²) in [4.78, 5) is 2.21. The summed E-state index contributed by atoms with van der Waals surface area (Å²) in [6, 6.07) is 8.39. The molecule has 0 spiro atoms. The Labute approximate surface area is 141 Å². The zero-order valence-electron chi connectivity index (χ0n) is 13.7. The van der Waals surface area contributed by atoms with E-state index in [0.29, 0.717) is 0 Å². The van der Waals surface area contributed by atoms with Gasteiger partial charge >= 0.3 is 0 Å². The summed E-state index contributed by atoms with van der Waals surface area (Å²) >= 11 is 0. The first-order valence-corrected chi connectivity index (χ1v) is 9.24.